The number of ether oxygens (including phenoxy) is 3. The minimum atomic E-state index is -1.26. The molecule has 0 bridgehead atoms. The molecule has 1 heterocycles. The van der Waals surface area contributed by atoms with Crippen molar-refractivity contribution in [2.45, 2.75) is 12.5 Å². The van der Waals surface area contributed by atoms with Crippen LogP contribution in [0.3, 0.4) is 0 Å². The average molecular weight is 429 g/mol. The zero-order chi connectivity index (χ0) is 22.5. The molecule has 1 fully saturated rings. The number of likely N-dealkylation sites (tertiary alicyclic amines) is 1. The normalized spacial score (nSPS) is 15.7. The molecule has 8 nitrogen and oxygen atoms in total. The Balaban J connectivity index is 0.000000366. The third kappa shape index (κ3) is 9.22. The number of carboxylic acid groups (broad SMARTS) is 2. The summed E-state index contributed by atoms with van der Waals surface area (Å²) in [7, 11) is 1.67. The van der Waals surface area contributed by atoms with Gasteiger partial charge < -0.3 is 24.4 Å². The van der Waals surface area contributed by atoms with Gasteiger partial charge in [-0.3, -0.25) is 4.90 Å². The number of nitrogens with zero attached hydrogens (tertiary/aromatic N) is 1. The largest absolute Gasteiger partial charge is 0.493 e. The molecule has 1 saturated heterocycles. The number of methoxy groups -OCH3 is 1. The van der Waals surface area contributed by atoms with Gasteiger partial charge in [0.15, 0.2) is 11.5 Å². The highest BCUT2D eigenvalue weighted by atomic mass is 16.5. The third-order valence-electron chi connectivity index (χ3n) is 4.38. The second-order valence-corrected chi connectivity index (χ2v) is 6.65. The van der Waals surface area contributed by atoms with E-state index < -0.39 is 11.9 Å². The first-order chi connectivity index (χ1) is 15.0. The van der Waals surface area contributed by atoms with Crippen molar-refractivity contribution in [3.63, 3.8) is 0 Å². The standard InChI is InChI=1S/C19H23NO3.C4H4O4/c1-21-18-9-5-6-10-19(18)23-17-11-12-20(15-17)13-14-22-16-7-3-2-4-8-16;5-3(6)1-2-4(7)8/h2-10,17H,11-15H2,1H3;1-2H,(H,5,6)(H,7,8)/b;2-1-. The molecule has 3 rings (SSSR count). The molecule has 2 aromatic carbocycles. The molecule has 1 aliphatic rings. The number of aliphatic carboxylic acids is 2. The van der Waals surface area contributed by atoms with E-state index >= 15 is 0 Å². The monoisotopic (exact) mass is 429 g/mol. The molecule has 1 aliphatic heterocycles. The lowest BCUT2D eigenvalue weighted by atomic mass is 10.3. The van der Waals surface area contributed by atoms with Gasteiger partial charge in [0.05, 0.1) is 7.11 Å². The number of rotatable bonds is 9. The van der Waals surface area contributed by atoms with Crippen molar-refractivity contribution in [1.82, 2.24) is 4.90 Å². The van der Waals surface area contributed by atoms with Crippen molar-refractivity contribution in [3.8, 4) is 17.2 Å². The van der Waals surface area contributed by atoms with Crippen molar-refractivity contribution in [3.05, 3.63) is 66.7 Å². The Hall–Kier alpha value is -3.52. The maximum Gasteiger partial charge on any atom is 0.328 e. The van der Waals surface area contributed by atoms with Crippen LogP contribution in [0.15, 0.2) is 66.7 Å². The lowest BCUT2D eigenvalue weighted by molar-refractivity contribution is -0.134. The van der Waals surface area contributed by atoms with Gasteiger partial charge in [-0.25, -0.2) is 9.59 Å². The van der Waals surface area contributed by atoms with Crippen LogP contribution in [0.2, 0.25) is 0 Å². The zero-order valence-corrected chi connectivity index (χ0v) is 17.3. The predicted octanol–water partition coefficient (Wildman–Crippen LogP) is 2.94. The Bertz CT molecular complexity index is 838. The minimum absolute atomic E-state index is 0.211. The molecule has 8 heteroatoms. The number of para-hydroxylation sites is 3. The Labute approximate surface area is 181 Å². The van der Waals surface area contributed by atoms with E-state index in [4.69, 9.17) is 24.4 Å². The van der Waals surface area contributed by atoms with Crippen LogP contribution in [-0.4, -0.2) is 66.5 Å². The topological polar surface area (TPSA) is 106 Å². The van der Waals surface area contributed by atoms with E-state index in [1.165, 1.54) is 0 Å². The predicted molar refractivity (Wildman–Crippen MR) is 115 cm³/mol. The van der Waals surface area contributed by atoms with E-state index in [1.54, 1.807) is 7.11 Å². The Morgan fingerprint density at radius 2 is 1.61 bits per heavy atom. The van der Waals surface area contributed by atoms with E-state index in [-0.39, 0.29) is 6.10 Å². The van der Waals surface area contributed by atoms with Crippen LogP contribution in [0.25, 0.3) is 0 Å². The lowest BCUT2D eigenvalue weighted by Crippen LogP contribution is -2.28. The smallest absolute Gasteiger partial charge is 0.328 e. The maximum atomic E-state index is 9.55. The highest BCUT2D eigenvalue weighted by Crippen LogP contribution is 2.28. The van der Waals surface area contributed by atoms with Crippen molar-refractivity contribution >= 4 is 11.9 Å². The first kappa shape index (κ1) is 23.8. The van der Waals surface area contributed by atoms with E-state index in [0.717, 1.165) is 43.3 Å². The highest BCUT2D eigenvalue weighted by molar-refractivity contribution is 5.89. The van der Waals surface area contributed by atoms with Gasteiger partial charge in [-0.2, -0.15) is 0 Å². The van der Waals surface area contributed by atoms with Crippen molar-refractivity contribution in [2.24, 2.45) is 0 Å². The summed E-state index contributed by atoms with van der Waals surface area (Å²) in [6, 6.07) is 17.7. The SMILES string of the molecule is COc1ccccc1OC1CCN(CCOc2ccccc2)C1.O=C(O)/C=C\C(=O)O. The maximum absolute atomic E-state index is 9.55. The molecule has 1 unspecified atom stereocenters. The molecule has 0 spiro atoms. The average Bonchev–Trinajstić information content (AvgIpc) is 3.21. The van der Waals surface area contributed by atoms with Crippen LogP contribution >= 0.6 is 0 Å². The van der Waals surface area contributed by atoms with E-state index in [1.807, 2.05) is 54.6 Å². The Kier molecular flexibility index (Phi) is 9.90. The molecule has 1 atom stereocenters. The van der Waals surface area contributed by atoms with Gasteiger partial charge in [0, 0.05) is 31.8 Å². The molecule has 0 amide bonds. The van der Waals surface area contributed by atoms with E-state index in [2.05, 4.69) is 4.90 Å². The van der Waals surface area contributed by atoms with Gasteiger partial charge in [-0.05, 0) is 30.7 Å². The van der Waals surface area contributed by atoms with Crippen LogP contribution in [0.4, 0.5) is 0 Å². The molecule has 0 radical (unpaired) electrons. The summed E-state index contributed by atoms with van der Waals surface area (Å²) in [6.45, 7) is 3.58. The molecular weight excluding hydrogens is 402 g/mol. The van der Waals surface area contributed by atoms with Gasteiger partial charge >= 0.3 is 11.9 Å². The fourth-order valence-electron chi connectivity index (χ4n) is 2.94. The van der Waals surface area contributed by atoms with Crippen LogP contribution < -0.4 is 14.2 Å². The number of hydrogen-bond donors (Lipinski definition) is 2. The molecule has 0 saturated carbocycles. The number of carbonyl (C=O) groups is 2. The zero-order valence-electron chi connectivity index (χ0n) is 17.3. The van der Waals surface area contributed by atoms with E-state index in [9.17, 15) is 9.59 Å². The van der Waals surface area contributed by atoms with Gasteiger partial charge in [0.2, 0.25) is 0 Å². The first-order valence-electron chi connectivity index (χ1n) is 9.81. The molecule has 2 N–H and O–H groups in total. The number of hydrogen-bond acceptors (Lipinski definition) is 6. The molecule has 166 valence electrons. The molecule has 0 aliphatic carbocycles. The summed E-state index contributed by atoms with van der Waals surface area (Å²) < 4.78 is 17.2. The number of carboxylic acids is 2. The lowest BCUT2D eigenvalue weighted by Gasteiger charge is -2.18. The van der Waals surface area contributed by atoms with Gasteiger partial charge in [-0.15, -0.1) is 0 Å². The van der Waals surface area contributed by atoms with Gasteiger partial charge in [0.1, 0.15) is 18.5 Å². The van der Waals surface area contributed by atoms with Crippen LogP contribution in [0.5, 0.6) is 17.2 Å². The molecular formula is C23H27NO7. The summed E-state index contributed by atoms with van der Waals surface area (Å²) in [5.41, 5.74) is 0. The van der Waals surface area contributed by atoms with Crippen LogP contribution in [-0.2, 0) is 9.59 Å². The Morgan fingerprint density at radius 1 is 1.00 bits per heavy atom. The summed E-state index contributed by atoms with van der Waals surface area (Å²) in [6.07, 6.45) is 2.36. The molecule has 2 aromatic rings. The molecule has 0 aromatic heterocycles. The van der Waals surface area contributed by atoms with E-state index in [0.29, 0.717) is 18.8 Å². The minimum Gasteiger partial charge on any atom is -0.493 e. The summed E-state index contributed by atoms with van der Waals surface area (Å²) >= 11 is 0. The van der Waals surface area contributed by atoms with Crippen molar-refractivity contribution < 1.29 is 34.0 Å². The summed E-state index contributed by atoms with van der Waals surface area (Å²) in [4.78, 5) is 21.5. The summed E-state index contributed by atoms with van der Waals surface area (Å²) in [5.74, 6) is 0.0223. The fraction of sp³-hybridized carbons (Fsp3) is 0.304. The highest BCUT2D eigenvalue weighted by Gasteiger charge is 2.24. The van der Waals surface area contributed by atoms with Gasteiger partial charge in [0.25, 0.3) is 0 Å². The molecule has 31 heavy (non-hydrogen) atoms. The first-order valence-corrected chi connectivity index (χ1v) is 9.81. The second-order valence-electron chi connectivity index (χ2n) is 6.65. The van der Waals surface area contributed by atoms with Crippen LogP contribution in [0.1, 0.15) is 6.42 Å². The summed E-state index contributed by atoms with van der Waals surface area (Å²) in [5, 5.41) is 15.6. The van der Waals surface area contributed by atoms with Gasteiger partial charge in [-0.1, -0.05) is 30.3 Å². The fourth-order valence-corrected chi connectivity index (χ4v) is 2.94. The van der Waals surface area contributed by atoms with Crippen molar-refractivity contribution in [1.29, 1.82) is 0 Å². The van der Waals surface area contributed by atoms with Crippen molar-refractivity contribution in [2.75, 3.05) is 33.4 Å². The van der Waals surface area contributed by atoms with Crippen LogP contribution in [0, 0.1) is 0 Å². The quantitative estimate of drug-likeness (QED) is 0.586. The number of benzene rings is 2. The third-order valence-corrected chi connectivity index (χ3v) is 4.38. The second kappa shape index (κ2) is 12.9. The Morgan fingerprint density at radius 3 is 2.23 bits per heavy atom.